The highest BCUT2D eigenvalue weighted by atomic mass is 16.4. The second-order valence-corrected chi connectivity index (χ2v) is 32.0. The number of β-amino-alcohol motifs (C(OH)–C–C–N with tert-alkyl or cyclic N) is 1. The highest BCUT2D eigenvalue weighted by Crippen LogP contribution is 2.23. The van der Waals surface area contributed by atoms with Gasteiger partial charge in [-0.15, -0.1) is 0 Å². The highest BCUT2D eigenvalue weighted by molar-refractivity contribution is 6.02. The third kappa shape index (κ3) is 39.2. The van der Waals surface area contributed by atoms with E-state index in [9.17, 15) is 122 Å². The third-order valence-corrected chi connectivity index (χ3v) is 21.3. The number of carboxylic acid groups (broad SMARTS) is 2. The van der Waals surface area contributed by atoms with Crippen LogP contribution in [0, 0.1) is 17.2 Å². The summed E-state index contributed by atoms with van der Waals surface area (Å²) in [6, 6.07) is -15.5. The van der Waals surface area contributed by atoms with Crippen molar-refractivity contribution in [2.45, 2.75) is 240 Å². The van der Waals surface area contributed by atoms with Gasteiger partial charge in [0.1, 0.15) is 102 Å². The van der Waals surface area contributed by atoms with E-state index < -0.39 is 266 Å². The summed E-state index contributed by atoms with van der Waals surface area (Å²) < 4.78 is 0. The number of primary amides is 1. The number of carbonyl (C=O) groups excluding carboxylic acids is 16. The average Bonchev–Trinajstić information content (AvgIpc) is 1.65. The van der Waals surface area contributed by atoms with Gasteiger partial charge >= 0.3 is 11.9 Å². The number of guanidine groups is 1. The molecule has 0 saturated carbocycles. The molecule has 51 heteroatoms. The fourth-order valence-electron chi connectivity index (χ4n) is 13.5. The number of benzene rings is 2. The number of aliphatic hydroxyl groups is 3. The van der Waals surface area contributed by atoms with E-state index >= 15 is 0 Å². The molecule has 0 bridgehead atoms. The fourth-order valence-corrected chi connectivity index (χ4v) is 13.5. The summed E-state index contributed by atoms with van der Waals surface area (Å²) in [5, 5.41) is 115. The Labute approximate surface area is 761 Å². The van der Waals surface area contributed by atoms with Gasteiger partial charge in [0.25, 0.3) is 0 Å². The lowest BCUT2D eigenvalue weighted by molar-refractivity contribution is -0.143. The molecule has 2 aromatic rings. The molecule has 0 aromatic heterocycles. The molecule has 0 radical (unpaired) electrons. The Kier molecular flexibility index (Phi) is 50.7. The standard InChI is InChI=1S/C81H134N26O25/c1-5-41(4)64(106-77(128)60-35-46(112)37-107(60)79(130)63(89)40(2)3)78(129)100-54(25-31-87)71(122)101-55(33-42-11-15-44(110)16-12-42)73(124)105-59(39-109)76(127)102-56(36-61(88)113)74(125)94-48(10-8-32-92-81(90)91)66(117)97-53(24-30-86)72(123)104-58(38-108)75(126)99-52(23-29-85)68(119)93-47(9-6-7-26-82)65(116)96-51(22-28-84)70(121)98-50(21-27-83)69(120)95-49(19-20-62(114)115)67(118)103-57(80(131)132)34-43-13-17-45(111)18-14-43/h11-18,40-41,46-60,63-64,108-112H,5-10,19-39,82-87,89H2,1-4H3,(H2,88,113)(H,93,119)(H,94,125)(H,95,120)(H,96,116)(H,97,117)(H,98,121)(H,99,126)(H,100,129)(H,101,122)(H,102,127)(H,103,118)(H,104,123)(H,105,124)(H,106,128)(H,114,115)(H,131,132)(H4,90,91,92)/t41-,46+,47-,48-,49-,50-,51-,52+,53-,54-,55-,56-,57-,58-,59-,60-,63-,64-/m0/s1. The normalized spacial score (nSPS) is 16.5. The minimum atomic E-state index is -2.05. The summed E-state index contributed by atoms with van der Waals surface area (Å²) in [5.74, 6) is -22.1. The van der Waals surface area contributed by atoms with E-state index in [0.717, 1.165) is 4.90 Å². The largest absolute Gasteiger partial charge is 0.508 e. The molecule has 132 heavy (non-hydrogen) atoms. The summed E-state index contributed by atoms with van der Waals surface area (Å²) in [4.78, 5) is 250. The van der Waals surface area contributed by atoms with E-state index in [-0.39, 0.29) is 146 Å². The molecular weight excluding hydrogens is 1740 g/mol. The van der Waals surface area contributed by atoms with Crippen LogP contribution < -0.4 is 131 Å². The zero-order valence-corrected chi connectivity index (χ0v) is 74.3. The van der Waals surface area contributed by atoms with Crippen molar-refractivity contribution in [2.75, 3.05) is 65.6 Å². The Balaban J connectivity index is 1.88. The number of hydrogen-bond donors (Lipinski definition) is 32. The lowest BCUT2D eigenvalue weighted by atomic mass is 9.96. The zero-order valence-electron chi connectivity index (χ0n) is 74.3. The molecular formula is C81H134N26O25. The molecule has 3 rings (SSSR count). The number of nitrogens with zero attached hydrogens (tertiary/aromatic N) is 1. The first-order valence-electron chi connectivity index (χ1n) is 43.2. The van der Waals surface area contributed by atoms with Crippen molar-refractivity contribution < 1.29 is 122 Å². The minimum absolute atomic E-state index is 0.104. The number of carbonyl (C=O) groups is 18. The van der Waals surface area contributed by atoms with Crippen LogP contribution >= 0.6 is 0 Å². The predicted octanol–water partition coefficient (Wildman–Crippen LogP) is -12.4. The molecule has 1 aliphatic rings. The van der Waals surface area contributed by atoms with Crippen molar-refractivity contribution in [3.63, 3.8) is 0 Å². The van der Waals surface area contributed by atoms with Crippen molar-refractivity contribution in [2.24, 2.45) is 63.4 Å². The summed E-state index contributed by atoms with van der Waals surface area (Å²) in [6.45, 7) is 2.57. The van der Waals surface area contributed by atoms with E-state index in [1.165, 1.54) is 48.5 Å². The lowest BCUT2D eigenvalue weighted by Gasteiger charge is -2.31. The molecule has 0 spiro atoms. The Morgan fingerprint density at radius 2 is 0.750 bits per heavy atom. The SMILES string of the molecule is CC[C@H](C)[C@H](NC(=O)[C@@H]1C[C@@H](O)CN1C(=O)[C@@H](N)C(C)C)C(=O)N[C@@H](CCN)C(=O)N[C@@H](Cc1ccc(O)cc1)C(=O)N[C@@H](CO)C(=O)N[C@@H](CC(N)=O)C(=O)N[C@@H](CCCNC(=N)N)C(=O)N[C@@H](CCN)C(=O)N[C@@H](CO)C(=O)N[C@H](CCN)C(=O)N[C@@H](CCCCN)C(=O)N[C@@H](CCN)C(=O)N[C@@H](CCN)C(=O)N[C@@H](CCC(=O)O)C(=O)N[C@@H](Cc1ccc(O)cc1)C(=O)O. The van der Waals surface area contributed by atoms with Crippen LogP contribution in [0.15, 0.2) is 48.5 Å². The third-order valence-electron chi connectivity index (χ3n) is 21.3. The number of likely N-dealkylation sites (tertiary alicyclic amines) is 1. The highest BCUT2D eigenvalue weighted by Gasteiger charge is 2.44. The fraction of sp³-hybridized carbons (Fsp3) is 0.617. The maximum atomic E-state index is 14.5. The van der Waals surface area contributed by atoms with Gasteiger partial charge in [0.05, 0.1) is 31.8 Å². The van der Waals surface area contributed by atoms with Crippen LogP contribution in [-0.2, 0) is 99.1 Å². The quantitative estimate of drug-likeness (QED) is 0.0166. The number of phenols is 2. The van der Waals surface area contributed by atoms with Crippen molar-refractivity contribution in [1.29, 1.82) is 5.41 Å². The van der Waals surface area contributed by atoms with Gasteiger partial charge in [-0.3, -0.25) is 86.9 Å². The Bertz CT molecular complexity index is 4200. The van der Waals surface area contributed by atoms with Crippen LogP contribution in [0.4, 0.5) is 0 Å². The number of carboxylic acids is 2. The molecule has 16 amide bonds. The van der Waals surface area contributed by atoms with Gasteiger partial charge in [0, 0.05) is 38.8 Å². The van der Waals surface area contributed by atoms with E-state index in [1.54, 1.807) is 27.7 Å². The van der Waals surface area contributed by atoms with Gasteiger partial charge in [-0.1, -0.05) is 58.4 Å². The molecule has 1 fully saturated rings. The van der Waals surface area contributed by atoms with Crippen LogP contribution in [0.1, 0.15) is 135 Å². The maximum Gasteiger partial charge on any atom is 0.326 e. The molecule has 51 nitrogen and oxygen atoms in total. The van der Waals surface area contributed by atoms with Crippen molar-refractivity contribution in [3.05, 3.63) is 59.7 Å². The summed E-state index contributed by atoms with van der Waals surface area (Å²) in [7, 11) is 0. The predicted molar refractivity (Wildman–Crippen MR) is 472 cm³/mol. The van der Waals surface area contributed by atoms with Crippen molar-refractivity contribution in [3.8, 4) is 11.5 Å². The van der Waals surface area contributed by atoms with Crippen LogP contribution in [0.25, 0.3) is 0 Å². The first kappa shape index (κ1) is 114. The number of hydrogen-bond acceptors (Lipinski definition) is 31. The average molecular weight is 1870 g/mol. The van der Waals surface area contributed by atoms with Crippen LogP contribution in [0.5, 0.6) is 11.5 Å². The molecule has 18 atom stereocenters. The van der Waals surface area contributed by atoms with E-state index in [1.807, 2.05) is 0 Å². The zero-order chi connectivity index (χ0) is 99.2. The molecule has 0 unspecified atom stereocenters. The molecule has 1 heterocycles. The second-order valence-electron chi connectivity index (χ2n) is 32.0. The maximum absolute atomic E-state index is 14.5. The van der Waals surface area contributed by atoms with Crippen LogP contribution in [-0.4, -0.2) is 321 Å². The number of nitrogens with two attached hydrogens (primary N) is 9. The number of aliphatic carboxylic acids is 2. The van der Waals surface area contributed by atoms with Crippen molar-refractivity contribution >= 4 is 112 Å². The monoisotopic (exact) mass is 1870 g/mol. The number of nitrogens with one attached hydrogen (secondary N) is 16. The molecule has 1 saturated heterocycles. The molecule has 738 valence electrons. The van der Waals surface area contributed by atoms with Gasteiger partial charge in [-0.2, -0.15) is 0 Å². The Hall–Kier alpha value is -12.6. The number of unbranched alkanes of at least 4 members (excludes halogenated alkanes) is 1. The molecule has 2 aromatic carbocycles. The summed E-state index contributed by atoms with van der Waals surface area (Å²) in [6.07, 6.45) is -5.92. The van der Waals surface area contributed by atoms with Crippen molar-refractivity contribution in [1.82, 2.24) is 84.7 Å². The minimum Gasteiger partial charge on any atom is -0.508 e. The van der Waals surface area contributed by atoms with E-state index in [4.69, 9.17) is 57.0 Å². The lowest BCUT2D eigenvalue weighted by Crippen LogP contribution is -2.62. The Morgan fingerprint density at radius 1 is 0.424 bits per heavy atom. The topological polar surface area (TPSA) is 891 Å². The molecule has 1 aliphatic heterocycles. The number of amides is 16. The van der Waals surface area contributed by atoms with Gasteiger partial charge in [0.15, 0.2) is 5.96 Å². The first-order chi connectivity index (χ1) is 62.4. The molecule has 41 N–H and O–H groups in total. The van der Waals surface area contributed by atoms with Gasteiger partial charge in [-0.05, 0) is 157 Å². The van der Waals surface area contributed by atoms with Crippen LogP contribution in [0.3, 0.4) is 0 Å². The van der Waals surface area contributed by atoms with Gasteiger partial charge in [0.2, 0.25) is 94.5 Å². The van der Waals surface area contributed by atoms with E-state index in [0.29, 0.717) is 12.0 Å². The summed E-state index contributed by atoms with van der Waals surface area (Å²) in [5.41, 5.74) is 53.0. The number of rotatable bonds is 62. The number of aliphatic hydroxyl groups excluding tert-OH is 3. The van der Waals surface area contributed by atoms with E-state index in [2.05, 4.69) is 79.8 Å². The smallest absolute Gasteiger partial charge is 0.326 e. The van der Waals surface area contributed by atoms with Gasteiger partial charge < -0.3 is 172 Å². The van der Waals surface area contributed by atoms with Gasteiger partial charge in [-0.25, -0.2) is 4.79 Å². The number of aromatic hydroxyl groups is 2. The Morgan fingerprint density at radius 3 is 1.10 bits per heavy atom. The number of phenolic OH excluding ortho intramolecular Hbond substituents is 2. The summed E-state index contributed by atoms with van der Waals surface area (Å²) >= 11 is 0. The first-order valence-corrected chi connectivity index (χ1v) is 43.2. The second kappa shape index (κ2) is 58.9. The van der Waals surface area contributed by atoms with Crippen LogP contribution in [0.2, 0.25) is 0 Å². The molecule has 0 aliphatic carbocycles.